The first-order chi connectivity index (χ1) is 8.04. The number of rotatable bonds is 3. The predicted octanol–water partition coefficient (Wildman–Crippen LogP) is 5.51. The molecule has 0 saturated heterocycles. The van der Waals surface area contributed by atoms with Gasteiger partial charge in [0.05, 0.1) is 0 Å². The van der Waals surface area contributed by atoms with Crippen LogP contribution in [0.2, 0.25) is 0 Å². The third-order valence-electron chi connectivity index (χ3n) is 2.26. The summed E-state index contributed by atoms with van der Waals surface area (Å²) in [4.78, 5) is 0. The molecule has 0 heterocycles. The van der Waals surface area contributed by atoms with Crippen molar-refractivity contribution < 1.29 is 4.39 Å². The van der Waals surface area contributed by atoms with E-state index < -0.39 is 0 Å². The summed E-state index contributed by atoms with van der Waals surface area (Å²) < 4.78 is 14.4. The third-order valence-corrected chi connectivity index (χ3v) is 2.95. The fraction of sp³-hybridized carbons (Fsp3) is 0.200. The maximum Gasteiger partial charge on any atom is 0.131 e. The van der Waals surface area contributed by atoms with Crippen molar-refractivity contribution in [3.8, 4) is 0 Å². The van der Waals surface area contributed by atoms with Crippen molar-refractivity contribution in [1.82, 2.24) is 0 Å². The highest BCUT2D eigenvalue weighted by atomic mass is 79.9. The van der Waals surface area contributed by atoms with E-state index in [-0.39, 0.29) is 5.82 Å². The second kappa shape index (κ2) is 6.55. The van der Waals surface area contributed by atoms with Crippen LogP contribution in [0.4, 0.5) is 4.39 Å². The third kappa shape index (κ3) is 4.31. The zero-order valence-corrected chi connectivity index (χ0v) is 11.9. The quantitative estimate of drug-likeness (QED) is 0.645. The molecule has 0 radical (unpaired) electrons. The summed E-state index contributed by atoms with van der Waals surface area (Å²) in [6.45, 7) is 5.96. The zero-order chi connectivity index (χ0) is 12.8. The largest absolute Gasteiger partial charge is 0.206 e. The Balaban J connectivity index is 3.07. The summed E-state index contributed by atoms with van der Waals surface area (Å²) in [7, 11) is 0. The van der Waals surface area contributed by atoms with E-state index >= 15 is 0 Å². The van der Waals surface area contributed by atoms with E-state index in [1.807, 2.05) is 51.1 Å². The zero-order valence-electron chi connectivity index (χ0n) is 10.3. The smallest absolute Gasteiger partial charge is 0.131 e. The molecule has 1 aromatic carbocycles. The van der Waals surface area contributed by atoms with Crippen molar-refractivity contribution in [3.63, 3.8) is 0 Å². The lowest BCUT2D eigenvalue weighted by Gasteiger charge is -2.02. The van der Waals surface area contributed by atoms with Crippen molar-refractivity contribution in [2.24, 2.45) is 0 Å². The van der Waals surface area contributed by atoms with E-state index in [1.165, 1.54) is 6.07 Å². The maximum absolute atomic E-state index is 13.6. The molecule has 0 aliphatic heterocycles. The Morgan fingerprint density at radius 1 is 1.24 bits per heavy atom. The van der Waals surface area contributed by atoms with Gasteiger partial charge >= 0.3 is 0 Å². The highest BCUT2D eigenvalue weighted by Gasteiger charge is 2.02. The van der Waals surface area contributed by atoms with Gasteiger partial charge in [-0.3, -0.25) is 0 Å². The molecular formula is C15H16BrF. The normalized spacial score (nSPS) is 13.5. The van der Waals surface area contributed by atoms with Gasteiger partial charge < -0.3 is 0 Å². The Bertz CT molecular complexity index is 461. The lowest BCUT2D eigenvalue weighted by atomic mass is 10.1. The molecule has 0 aliphatic rings. The Hall–Kier alpha value is -1.15. The fourth-order valence-corrected chi connectivity index (χ4v) is 2.04. The van der Waals surface area contributed by atoms with Gasteiger partial charge in [0.25, 0.3) is 0 Å². The molecule has 0 atom stereocenters. The van der Waals surface area contributed by atoms with Gasteiger partial charge in [0.15, 0.2) is 0 Å². The first-order valence-corrected chi connectivity index (χ1v) is 6.27. The van der Waals surface area contributed by atoms with Gasteiger partial charge in [-0.2, -0.15) is 0 Å². The minimum atomic E-state index is -0.212. The predicted molar refractivity (Wildman–Crippen MR) is 76.3 cm³/mol. The minimum absolute atomic E-state index is 0.212. The fourth-order valence-electron chi connectivity index (χ4n) is 1.59. The van der Waals surface area contributed by atoms with Crippen molar-refractivity contribution in [2.75, 3.05) is 0 Å². The minimum Gasteiger partial charge on any atom is -0.206 e. The van der Waals surface area contributed by atoms with Crippen LogP contribution in [0, 0.1) is 5.82 Å². The molecule has 0 bridgehead atoms. The Kier molecular flexibility index (Phi) is 5.36. The lowest BCUT2D eigenvalue weighted by molar-refractivity contribution is 0.624. The SMILES string of the molecule is C\C=C/C(C)=C\C(C)=C\c1c(F)cccc1Br. The Labute approximate surface area is 111 Å². The summed E-state index contributed by atoms with van der Waals surface area (Å²) in [6, 6.07) is 4.99. The number of benzene rings is 1. The molecule has 0 unspecified atom stereocenters. The van der Waals surface area contributed by atoms with Crippen LogP contribution in [-0.2, 0) is 0 Å². The molecule has 0 nitrogen and oxygen atoms in total. The van der Waals surface area contributed by atoms with Gasteiger partial charge in [-0.15, -0.1) is 0 Å². The number of halogens is 2. The van der Waals surface area contributed by atoms with Crippen molar-refractivity contribution in [1.29, 1.82) is 0 Å². The molecular weight excluding hydrogens is 279 g/mol. The number of hydrogen-bond donors (Lipinski definition) is 0. The van der Waals surface area contributed by atoms with Crippen LogP contribution >= 0.6 is 15.9 Å². The molecule has 90 valence electrons. The van der Waals surface area contributed by atoms with Crippen LogP contribution in [0.15, 0.2) is 52.0 Å². The molecule has 2 heteroatoms. The van der Waals surface area contributed by atoms with Crippen LogP contribution in [0.3, 0.4) is 0 Å². The van der Waals surface area contributed by atoms with Gasteiger partial charge in [-0.05, 0) is 39.0 Å². The summed E-state index contributed by atoms with van der Waals surface area (Å²) in [5.74, 6) is -0.212. The van der Waals surface area contributed by atoms with Crippen LogP contribution in [0.5, 0.6) is 0 Å². The summed E-state index contributed by atoms with van der Waals surface area (Å²) in [5, 5.41) is 0. The van der Waals surface area contributed by atoms with Gasteiger partial charge in [-0.25, -0.2) is 4.39 Å². The van der Waals surface area contributed by atoms with E-state index in [0.717, 1.165) is 15.6 Å². The first-order valence-electron chi connectivity index (χ1n) is 5.48. The maximum atomic E-state index is 13.6. The molecule has 0 N–H and O–H groups in total. The molecule has 0 aromatic heterocycles. The van der Waals surface area contributed by atoms with E-state index in [2.05, 4.69) is 15.9 Å². The molecule has 0 saturated carbocycles. The highest BCUT2D eigenvalue weighted by Crippen LogP contribution is 2.22. The first kappa shape index (κ1) is 13.9. The topological polar surface area (TPSA) is 0 Å². The molecule has 1 aromatic rings. The van der Waals surface area contributed by atoms with Crippen LogP contribution < -0.4 is 0 Å². The van der Waals surface area contributed by atoms with Crippen molar-refractivity contribution in [2.45, 2.75) is 20.8 Å². The summed E-state index contributed by atoms with van der Waals surface area (Å²) >= 11 is 3.35. The van der Waals surface area contributed by atoms with E-state index in [1.54, 1.807) is 6.07 Å². The van der Waals surface area contributed by atoms with Gasteiger partial charge in [0.1, 0.15) is 5.82 Å². The van der Waals surface area contributed by atoms with Gasteiger partial charge in [-0.1, -0.05) is 51.4 Å². The average molecular weight is 295 g/mol. The molecule has 1 rings (SSSR count). The highest BCUT2D eigenvalue weighted by molar-refractivity contribution is 9.10. The molecule has 17 heavy (non-hydrogen) atoms. The van der Waals surface area contributed by atoms with E-state index in [4.69, 9.17) is 0 Å². The second-order valence-corrected chi connectivity index (χ2v) is 4.77. The summed E-state index contributed by atoms with van der Waals surface area (Å²) in [6.07, 6.45) is 7.87. The van der Waals surface area contributed by atoms with Gasteiger partial charge in [0.2, 0.25) is 0 Å². The lowest BCUT2D eigenvalue weighted by Crippen LogP contribution is -1.84. The monoisotopic (exact) mass is 294 g/mol. The molecule has 0 amide bonds. The molecule has 0 aliphatic carbocycles. The van der Waals surface area contributed by atoms with E-state index in [0.29, 0.717) is 5.56 Å². The van der Waals surface area contributed by atoms with Crippen molar-refractivity contribution >= 4 is 22.0 Å². The number of allylic oxidation sites excluding steroid dienone is 5. The second-order valence-electron chi connectivity index (χ2n) is 3.91. The average Bonchev–Trinajstić information content (AvgIpc) is 2.24. The molecule has 0 spiro atoms. The summed E-state index contributed by atoms with van der Waals surface area (Å²) in [5.41, 5.74) is 2.76. The Morgan fingerprint density at radius 2 is 1.94 bits per heavy atom. The standard InChI is InChI=1S/C15H16BrF/c1-4-6-11(2)9-12(3)10-13-14(16)7-5-8-15(13)17/h4-10H,1-3H3/b6-4-,11-9-,12-10+. The number of hydrogen-bond acceptors (Lipinski definition) is 0. The van der Waals surface area contributed by atoms with Crippen molar-refractivity contribution in [3.05, 3.63) is 63.4 Å². The molecule has 0 fully saturated rings. The van der Waals surface area contributed by atoms with Crippen LogP contribution in [-0.4, -0.2) is 0 Å². The van der Waals surface area contributed by atoms with Crippen LogP contribution in [0.1, 0.15) is 26.3 Å². The van der Waals surface area contributed by atoms with Gasteiger partial charge in [0, 0.05) is 10.0 Å². The van der Waals surface area contributed by atoms with Crippen LogP contribution in [0.25, 0.3) is 6.08 Å². The Morgan fingerprint density at radius 3 is 2.53 bits per heavy atom. The van der Waals surface area contributed by atoms with E-state index in [9.17, 15) is 4.39 Å².